The van der Waals surface area contributed by atoms with Crippen LogP contribution in [0.25, 0.3) is 10.9 Å². The zero-order valence-electron chi connectivity index (χ0n) is 15.9. The van der Waals surface area contributed by atoms with Crippen LogP contribution in [0.5, 0.6) is 11.5 Å². The normalized spacial score (nSPS) is 15.5. The molecule has 0 bridgehead atoms. The highest BCUT2D eigenvalue weighted by Gasteiger charge is 2.24. The molecule has 4 rings (SSSR count). The van der Waals surface area contributed by atoms with Gasteiger partial charge >= 0.3 is 5.97 Å². The van der Waals surface area contributed by atoms with E-state index in [9.17, 15) is 4.79 Å². The van der Waals surface area contributed by atoms with E-state index >= 15 is 0 Å². The van der Waals surface area contributed by atoms with Crippen LogP contribution in [0.15, 0.2) is 48.5 Å². The number of nitrogens with one attached hydrogen (secondary N) is 2. The van der Waals surface area contributed by atoms with Crippen LogP contribution in [-0.2, 0) is 11.2 Å². The third-order valence-electron chi connectivity index (χ3n) is 4.87. The van der Waals surface area contributed by atoms with Crippen LogP contribution < -0.4 is 14.8 Å². The maximum Gasteiger partial charge on any atom is 0.354 e. The van der Waals surface area contributed by atoms with Crippen molar-refractivity contribution < 1.29 is 19.0 Å². The van der Waals surface area contributed by atoms with Gasteiger partial charge in [-0.2, -0.15) is 0 Å². The van der Waals surface area contributed by atoms with Crippen molar-refractivity contribution in [1.82, 2.24) is 10.3 Å². The molecular formula is C22H24N2O4. The first kappa shape index (κ1) is 18.4. The minimum atomic E-state index is -0.404. The average Bonchev–Trinajstić information content (AvgIpc) is 3.18. The summed E-state index contributed by atoms with van der Waals surface area (Å²) in [5.41, 5.74) is 2.57. The lowest BCUT2D eigenvalue weighted by atomic mass is 10.1. The first-order valence-corrected chi connectivity index (χ1v) is 9.52. The SMILES string of the molecule is COC(=O)c1cc2c3c(ccc2[nH]1)OC[C@H](CNCCCc1ccccc1)O3. The highest BCUT2D eigenvalue weighted by atomic mass is 16.6. The number of carbonyl (C=O) groups is 1. The Labute approximate surface area is 163 Å². The summed E-state index contributed by atoms with van der Waals surface area (Å²) in [5.74, 6) is 0.966. The van der Waals surface area contributed by atoms with E-state index in [1.807, 2.05) is 18.2 Å². The van der Waals surface area contributed by atoms with Gasteiger partial charge in [0.25, 0.3) is 0 Å². The Bertz CT molecular complexity index is 952. The lowest BCUT2D eigenvalue weighted by Crippen LogP contribution is -2.38. The maximum atomic E-state index is 11.8. The Morgan fingerprint density at radius 3 is 2.93 bits per heavy atom. The molecule has 1 aliphatic heterocycles. The highest BCUT2D eigenvalue weighted by molar-refractivity contribution is 5.98. The number of aryl methyl sites for hydroxylation is 1. The molecule has 0 radical (unpaired) electrons. The van der Waals surface area contributed by atoms with Crippen molar-refractivity contribution in [2.75, 3.05) is 26.8 Å². The number of fused-ring (bicyclic) bond motifs is 3. The summed E-state index contributed by atoms with van der Waals surface area (Å²) in [6, 6.07) is 16.0. The second-order valence-electron chi connectivity index (χ2n) is 6.87. The van der Waals surface area contributed by atoms with E-state index in [0.29, 0.717) is 30.3 Å². The van der Waals surface area contributed by atoms with Crippen LogP contribution in [0, 0.1) is 0 Å². The first-order valence-electron chi connectivity index (χ1n) is 9.52. The van der Waals surface area contributed by atoms with Crippen molar-refractivity contribution in [1.29, 1.82) is 0 Å². The molecule has 0 saturated heterocycles. The van der Waals surface area contributed by atoms with Gasteiger partial charge in [0.1, 0.15) is 18.4 Å². The topological polar surface area (TPSA) is 72.6 Å². The number of aromatic amines is 1. The fourth-order valence-electron chi connectivity index (χ4n) is 3.42. The molecule has 0 spiro atoms. The van der Waals surface area contributed by atoms with Gasteiger partial charge in [-0.25, -0.2) is 4.79 Å². The molecule has 6 nitrogen and oxygen atoms in total. The largest absolute Gasteiger partial charge is 0.486 e. The fraction of sp³-hybridized carbons (Fsp3) is 0.318. The van der Waals surface area contributed by atoms with E-state index in [1.165, 1.54) is 12.7 Å². The van der Waals surface area contributed by atoms with Gasteiger partial charge in [0.05, 0.1) is 12.6 Å². The van der Waals surface area contributed by atoms with Crippen molar-refractivity contribution in [2.45, 2.75) is 18.9 Å². The number of methoxy groups -OCH3 is 1. The number of carbonyl (C=O) groups excluding carboxylic acids is 1. The van der Waals surface area contributed by atoms with E-state index in [2.05, 4.69) is 34.6 Å². The van der Waals surface area contributed by atoms with E-state index in [4.69, 9.17) is 14.2 Å². The molecule has 0 saturated carbocycles. The zero-order chi connectivity index (χ0) is 19.3. The van der Waals surface area contributed by atoms with Gasteiger partial charge in [-0.3, -0.25) is 0 Å². The highest BCUT2D eigenvalue weighted by Crippen LogP contribution is 2.39. The summed E-state index contributed by atoms with van der Waals surface area (Å²) in [6.07, 6.45) is 2.05. The molecule has 0 amide bonds. The molecule has 2 N–H and O–H groups in total. The third-order valence-corrected chi connectivity index (χ3v) is 4.87. The molecule has 28 heavy (non-hydrogen) atoms. The number of H-pyrrole nitrogens is 1. The predicted molar refractivity (Wildman–Crippen MR) is 107 cm³/mol. The van der Waals surface area contributed by atoms with Crippen LogP contribution in [0.1, 0.15) is 22.5 Å². The maximum absolute atomic E-state index is 11.8. The van der Waals surface area contributed by atoms with Crippen LogP contribution in [0.4, 0.5) is 0 Å². The first-order chi connectivity index (χ1) is 13.7. The molecule has 0 unspecified atom stereocenters. The van der Waals surface area contributed by atoms with Crippen molar-refractivity contribution >= 4 is 16.9 Å². The van der Waals surface area contributed by atoms with Crippen LogP contribution in [0.2, 0.25) is 0 Å². The number of benzene rings is 2. The Kier molecular flexibility index (Phi) is 5.48. The van der Waals surface area contributed by atoms with Gasteiger partial charge in [-0.05, 0) is 43.1 Å². The third kappa shape index (κ3) is 3.97. The molecule has 2 heterocycles. The Balaban J connectivity index is 1.34. The van der Waals surface area contributed by atoms with Crippen molar-refractivity contribution in [3.05, 3.63) is 59.8 Å². The zero-order valence-corrected chi connectivity index (χ0v) is 15.9. The predicted octanol–water partition coefficient (Wildman–Crippen LogP) is 3.32. The molecule has 6 heteroatoms. The fourth-order valence-corrected chi connectivity index (χ4v) is 3.42. The number of rotatable bonds is 7. The number of esters is 1. The molecule has 0 aliphatic carbocycles. The second kappa shape index (κ2) is 8.35. The molecule has 0 fully saturated rings. The molecular weight excluding hydrogens is 356 g/mol. The monoisotopic (exact) mass is 380 g/mol. The standard InChI is InChI=1S/C22H24N2O4/c1-26-22(25)19-12-17-18(24-19)9-10-20-21(17)28-16(14-27-20)13-23-11-5-8-15-6-3-2-4-7-15/h2-4,6-7,9-10,12,16,23-24H,5,8,11,13-14H2,1H3/t16-/m0/s1. The Morgan fingerprint density at radius 1 is 1.25 bits per heavy atom. The second-order valence-corrected chi connectivity index (χ2v) is 6.87. The van der Waals surface area contributed by atoms with E-state index < -0.39 is 5.97 Å². The Morgan fingerprint density at radius 2 is 2.11 bits per heavy atom. The summed E-state index contributed by atoms with van der Waals surface area (Å²) in [5, 5.41) is 4.28. The number of hydrogen-bond acceptors (Lipinski definition) is 5. The molecule has 1 aliphatic rings. The van der Waals surface area contributed by atoms with Crippen LogP contribution in [0.3, 0.4) is 0 Å². The van der Waals surface area contributed by atoms with Crippen LogP contribution in [-0.4, -0.2) is 43.9 Å². The summed E-state index contributed by atoms with van der Waals surface area (Å²) in [7, 11) is 1.36. The van der Waals surface area contributed by atoms with E-state index in [0.717, 1.165) is 30.3 Å². The Hall–Kier alpha value is -2.99. The molecule has 146 valence electrons. The van der Waals surface area contributed by atoms with E-state index in [1.54, 1.807) is 6.07 Å². The van der Waals surface area contributed by atoms with Gasteiger partial charge in [-0.1, -0.05) is 30.3 Å². The van der Waals surface area contributed by atoms with Gasteiger partial charge < -0.3 is 24.5 Å². The summed E-state index contributed by atoms with van der Waals surface area (Å²) >= 11 is 0. The lowest BCUT2D eigenvalue weighted by Gasteiger charge is -2.27. The minimum absolute atomic E-state index is 0.0775. The van der Waals surface area contributed by atoms with Gasteiger partial charge in [0.15, 0.2) is 11.5 Å². The lowest BCUT2D eigenvalue weighted by molar-refractivity contribution is 0.0595. The van der Waals surface area contributed by atoms with Gasteiger partial charge in [0, 0.05) is 11.9 Å². The number of ether oxygens (including phenoxy) is 3. The molecule has 1 atom stereocenters. The molecule has 2 aromatic carbocycles. The smallest absolute Gasteiger partial charge is 0.354 e. The van der Waals surface area contributed by atoms with Gasteiger partial charge in [-0.15, -0.1) is 0 Å². The number of hydrogen-bond donors (Lipinski definition) is 2. The van der Waals surface area contributed by atoms with Gasteiger partial charge in [0.2, 0.25) is 0 Å². The summed E-state index contributed by atoms with van der Waals surface area (Å²) in [6.45, 7) is 2.12. The van der Waals surface area contributed by atoms with E-state index in [-0.39, 0.29) is 6.10 Å². The molecule has 1 aromatic heterocycles. The molecule has 3 aromatic rings. The van der Waals surface area contributed by atoms with Crippen molar-refractivity contribution in [3.8, 4) is 11.5 Å². The van der Waals surface area contributed by atoms with Crippen molar-refractivity contribution in [3.63, 3.8) is 0 Å². The summed E-state index contributed by atoms with van der Waals surface area (Å²) in [4.78, 5) is 14.8. The van der Waals surface area contributed by atoms with Crippen molar-refractivity contribution in [2.24, 2.45) is 0 Å². The minimum Gasteiger partial charge on any atom is -0.486 e. The number of aromatic nitrogens is 1. The summed E-state index contributed by atoms with van der Waals surface area (Å²) < 4.78 is 16.8. The van der Waals surface area contributed by atoms with Crippen LogP contribution >= 0.6 is 0 Å². The quantitative estimate of drug-likeness (QED) is 0.486. The average molecular weight is 380 g/mol.